The Kier molecular flexibility index (Phi) is 4.11. The van der Waals surface area contributed by atoms with Crippen molar-refractivity contribution in [2.75, 3.05) is 26.3 Å². The van der Waals surface area contributed by atoms with Gasteiger partial charge in [0.25, 0.3) is 5.91 Å². The number of nitrogens with zero attached hydrogens (tertiary/aromatic N) is 1. The summed E-state index contributed by atoms with van der Waals surface area (Å²) in [7, 11) is 0. The number of carbonyl (C=O) groups excluding carboxylic acids is 1. The summed E-state index contributed by atoms with van der Waals surface area (Å²) in [5.74, 6) is 1.91. The first-order valence-corrected chi connectivity index (χ1v) is 8.55. The highest BCUT2D eigenvalue weighted by molar-refractivity contribution is 5.95. The molecule has 124 valence electrons. The van der Waals surface area contributed by atoms with Crippen LogP contribution in [0.15, 0.2) is 48.5 Å². The summed E-state index contributed by atoms with van der Waals surface area (Å²) >= 11 is 0. The highest BCUT2D eigenvalue weighted by Crippen LogP contribution is 2.32. The normalized spacial score (nSPS) is 19.8. The molecule has 0 saturated carbocycles. The number of benzene rings is 2. The number of hydrogen-bond donors (Lipinski definition) is 0. The van der Waals surface area contributed by atoms with Gasteiger partial charge in [0.05, 0.1) is 13.2 Å². The van der Waals surface area contributed by atoms with Gasteiger partial charge in [-0.3, -0.25) is 4.79 Å². The van der Waals surface area contributed by atoms with Gasteiger partial charge in [0.15, 0.2) is 11.5 Å². The zero-order valence-electron chi connectivity index (χ0n) is 13.6. The molecule has 2 aromatic rings. The molecule has 0 aromatic heterocycles. The fourth-order valence-electron chi connectivity index (χ4n) is 3.42. The van der Waals surface area contributed by atoms with E-state index in [0.29, 0.717) is 30.4 Å². The minimum absolute atomic E-state index is 0.0732. The van der Waals surface area contributed by atoms with Crippen LogP contribution in [0, 0.1) is 0 Å². The van der Waals surface area contributed by atoms with Crippen LogP contribution in [0.5, 0.6) is 11.5 Å². The maximum atomic E-state index is 12.8. The first-order valence-electron chi connectivity index (χ1n) is 8.55. The Morgan fingerprint density at radius 3 is 2.62 bits per heavy atom. The molecule has 0 aliphatic carbocycles. The van der Waals surface area contributed by atoms with Gasteiger partial charge in [0, 0.05) is 31.0 Å². The smallest absolute Gasteiger partial charge is 0.254 e. The fourth-order valence-corrected chi connectivity index (χ4v) is 3.42. The lowest BCUT2D eigenvalue weighted by Crippen LogP contribution is -2.28. The molecule has 1 saturated heterocycles. The van der Waals surface area contributed by atoms with Crippen LogP contribution in [0.3, 0.4) is 0 Å². The van der Waals surface area contributed by atoms with Crippen molar-refractivity contribution in [1.82, 2.24) is 4.90 Å². The standard InChI is InChI=1S/C20H21NO3/c22-20(16-7-8-18-19(13-16)24-12-4-11-23-18)21-10-9-17(14-21)15-5-2-1-3-6-15/h1-3,5-8,13,17H,4,9-12,14H2/t17-/m1/s1. The summed E-state index contributed by atoms with van der Waals surface area (Å²) in [5, 5.41) is 0. The average molecular weight is 323 g/mol. The monoisotopic (exact) mass is 323 g/mol. The molecule has 0 radical (unpaired) electrons. The molecule has 0 bridgehead atoms. The van der Waals surface area contributed by atoms with Crippen LogP contribution in [0.2, 0.25) is 0 Å². The van der Waals surface area contributed by atoms with E-state index >= 15 is 0 Å². The Labute approximate surface area is 142 Å². The van der Waals surface area contributed by atoms with Crippen LogP contribution in [-0.2, 0) is 0 Å². The average Bonchev–Trinajstić information content (AvgIpc) is 3.01. The third kappa shape index (κ3) is 2.96. The lowest BCUT2D eigenvalue weighted by molar-refractivity contribution is 0.0790. The molecule has 2 aliphatic rings. The van der Waals surface area contributed by atoms with E-state index in [2.05, 4.69) is 24.3 Å². The number of ether oxygens (including phenoxy) is 2. The predicted molar refractivity (Wildman–Crippen MR) is 91.8 cm³/mol. The number of amides is 1. The maximum absolute atomic E-state index is 12.8. The van der Waals surface area contributed by atoms with E-state index in [-0.39, 0.29) is 5.91 Å². The molecule has 2 heterocycles. The van der Waals surface area contributed by atoms with Crippen LogP contribution in [0.1, 0.15) is 34.7 Å². The fraction of sp³-hybridized carbons (Fsp3) is 0.350. The third-order valence-corrected chi connectivity index (χ3v) is 4.74. The summed E-state index contributed by atoms with van der Waals surface area (Å²) in [4.78, 5) is 14.8. The van der Waals surface area contributed by atoms with Crippen molar-refractivity contribution >= 4 is 5.91 Å². The van der Waals surface area contributed by atoms with E-state index in [1.165, 1.54) is 5.56 Å². The van der Waals surface area contributed by atoms with Gasteiger partial charge in [-0.2, -0.15) is 0 Å². The van der Waals surface area contributed by atoms with Gasteiger partial charge in [-0.1, -0.05) is 30.3 Å². The zero-order valence-corrected chi connectivity index (χ0v) is 13.6. The molecule has 0 N–H and O–H groups in total. The second kappa shape index (κ2) is 6.56. The Bertz CT molecular complexity index is 729. The Morgan fingerprint density at radius 2 is 1.79 bits per heavy atom. The number of carbonyl (C=O) groups is 1. The highest BCUT2D eigenvalue weighted by atomic mass is 16.5. The summed E-state index contributed by atoms with van der Waals surface area (Å²) in [5.41, 5.74) is 1.99. The van der Waals surface area contributed by atoms with Gasteiger partial charge < -0.3 is 14.4 Å². The quantitative estimate of drug-likeness (QED) is 0.849. The van der Waals surface area contributed by atoms with Crippen molar-refractivity contribution < 1.29 is 14.3 Å². The molecule has 1 atom stereocenters. The summed E-state index contributed by atoms with van der Waals surface area (Å²) < 4.78 is 11.3. The minimum atomic E-state index is 0.0732. The van der Waals surface area contributed by atoms with Gasteiger partial charge in [0.1, 0.15) is 0 Å². The maximum Gasteiger partial charge on any atom is 0.254 e. The molecule has 24 heavy (non-hydrogen) atoms. The van der Waals surface area contributed by atoms with Gasteiger partial charge in [-0.25, -0.2) is 0 Å². The topological polar surface area (TPSA) is 38.8 Å². The van der Waals surface area contributed by atoms with Gasteiger partial charge in [-0.15, -0.1) is 0 Å². The van der Waals surface area contributed by atoms with Crippen molar-refractivity contribution in [2.24, 2.45) is 0 Å². The van der Waals surface area contributed by atoms with Crippen molar-refractivity contribution in [3.05, 3.63) is 59.7 Å². The molecule has 0 spiro atoms. The van der Waals surface area contributed by atoms with E-state index in [9.17, 15) is 4.79 Å². The SMILES string of the molecule is O=C(c1ccc2c(c1)OCCCO2)N1CC[C@@H](c2ccccc2)C1. The number of likely N-dealkylation sites (tertiary alicyclic amines) is 1. The number of rotatable bonds is 2. The second-order valence-corrected chi connectivity index (χ2v) is 6.36. The van der Waals surface area contributed by atoms with Gasteiger partial charge in [0.2, 0.25) is 0 Å². The van der Waals surface area contributed by atoms with E-state index in [0.717, 1.165) is 31.7 Å². The third-order valence-electron chi connectivity index (χ3n) is 4.74. The van der Waals surface area contributed by atoms with Crippen molar-refractivity contribution in [1.29, 1.82) is 0 Å². The van der Waals surface area contributed by atoms with Crippen LogP contribution in [0.4, 0.5) is 0 Å². The molecule has 4 heteroatoms. The lowest BCUT2D eigenvalue weighted by atomic mass is 9.99. The van der Waals surface area contributed by atoms with Crippen LogP contribution < -0.4 is 9.47 Å². The second-order valence-electron chi connectivity index (χ2n) is 6.36. The van der Waals surface area contributed by atoms with Gasteiger partial charge in [-0.05, 0) is 30.2 Å². The first-order chi connectivity index (χ1) is 11.8. The largest absolute Gasteiger partial charge is 0.490 e. The predicted octanol–water partition coefficient (Wildman–Crippen LogP) is 3.48. The van der Waals surface area contributed by atoms with Crippen molar-refractivity contribution in [3.8, 4) is 11.5 Å². The molecule has 4 rings (SSSR count). The molecule has 2 aliphatic heterocycles. The van der Waals surface area contributed by atoms with Crippen LogP contribution in [-0.4, -0.2) is 37.1 Å². The molecule has 1 fully saturated rings. The molecular weight excluding hydrogens is 302 g/mol. The van der Waals surface area contributed by atoms with Crippen LogP contribution in [0.25, 0.3) is 0 Å². The van der Waals surface area contributed by atoms with Crippen LogP contribution >= 0.6 is 0 Å². The Hall–Kier alpha value is -2.49. The highest BCUT2D eigenvalue weighted by Gasteiger charge is 2.28. The van der Waals surface area contributed by atoms with E-state index < -0.39 is 0 Å². The molecule has 4 nitrogen and oxygen atoms in total. The Morgan fingerprint density at radius 1 is 1.00 bits per heavy atom. The first kappa shape index (κ1) is 15.1. The van der Waals surface area contributed by atoms with Crippen molar-refractivity contribution in [2.45, 2.75) is 18.8 Å². The zero-order chi connectivity index (χ0) is 16.4. The minimum Gasteiger partial charge on any atom is -0.490 e. The van der Waals surface area contributed by atoms with E-state index in [4.69, 9.17) is 9.47 Å². The summed E-state index contributed by atoms with van der Waals surface area (Å²) in [6.45, 7) is 2.86. The summed E-state index contributed by atoms with van der Waals surface area (Å²) in [6, 6.07) is 15.9. The molecular formula is C20H21NO3. The molecule has 2 aromatic carbocycles. The number of hydrogen-bond acceptors (Lipinski definition) is 3. The molecule has 0 unspecified atom stereocenters. The van der Waals surface area contributed by atoms with E-state index in [1.807, 2.05) is 29.2 Å². The van der Waals surface area contributed by atoms with Gasteiger partial charge >= 0.3 is 0 Å². The molecule has 1 amide bonds. The van der Waals surface area contributed by atoms with Crippen molar-refractivity contribution in [3.63, 3.8) is 0 Å². The number of fused-ring (bicyclic) bond motifs is 1. The lowest BCUT2D eigenvalue weighted by Gasteiger charge is -2.18. The van der Waals surface area contributed by atoms with E-state index in [1.54, 1.807) is 0 Å². The summed E-state index contributed by atoms with van der Waals surface area (Å²) in [6.07, 6.45) is 1.88. The Balaban J connectivity index is 1.49.